The highest BCUT2D eigenvalue weighted by Crippen LogP contribution is 2.23. The molecular formula is C16H11BrN4O3S. The monoisotopic (exact) mass is 418 g/mol. The maximum Gasteiger partial charge on any atom is 0.331 e. The quantitative estimate of drug-likeness (QED) is 0.357. The largest absolute Gasteiger partial charge is 0.466 e. The Hall–Kier alpha value is -2.52. The number of hydrogen-bond donors (Lipinski definition) is 1. The summed E-state index contributed by atoms with van der Waals surface area (Å²) in [6.45, 7) is 0. The first-order valence-corrected chi connectivity index (χ1v) is 8.62. The normalized spacial score (nSPS) is 17.6. The van der Waals surface area contributed by atoms with Gasteiger partial charge in [0.15, 0.2) is 5.17 Å². The Bertz CT molecular complexity index is 956. The molecule has 1 saturated heterocycles. The van der Waals surface area contributed by atoms with Crippen LogP contribution in [0.2, 0.25) is 0 Å². The fraction of sp³-hybridized carbons (Fsp3) is 0.0625. The third kappa shape index (κ3) is 4.12. The number of thioether (sulfide) groups is 1. The Balaban J connectivity index is 1.80. The number of carbonyl (C=O) groups excluding carboxylic acids is 2. The molecule has 0 spiro atoms. The van der Waals surface area contributed by atoms with Crippen LogP contribution in [-0.2, 0) is 14.3 Å². The summed E-state index contributed by atoms with van der Waals surface area (Å²) in [6.07, 6.45) is 4.38. The van der Waals surface area contributed by atoms with Gasteiger partial charge in [-0.05, 0) is 33.8 Å². The molecule has 1 aromatic heterocycles. The van der Waals surface area contributed by atoms with Crippen LogP contribution in [0.15, 0.2) is 56.1 Å². The lowest BCUT2D eigenvalue weighted by atomic mass is 10.1. The number of amides is 1. The number of carbonyl (C=O) groups is 2. The van der Waals surface area contributed by atoms with Gasteiger partial charge < -0.3 is 4.74 Å². The minimum absolute atomic E-state index is 0.206. The van der Waals surface area contributed by atoms with Gasteiger partial charge in [0.25, 0.3) is 5.91 Å². The highest BCUT2D eigenvalue weighted by molar-refractivity contribution is 9.10. The molecule has 0 radical (unpaired) electrons. The lowest BCUT2D eigenvalue weighted by Gasteiger charge is -2.00. The topological polar surface area (TPSA) is 93.0 Å². The summed E-state index contributed by atoms with van der Waals surface area (Å²) in [6, 6.07) is 7.68. The van der Waals surface area contributed by atoms with E-state index in [1.807, 2.05) is 24.3 Å². The lowest BCUT2D eigenvalue weighted by Crippen LogP contribution is -2.19. The average Bonchev–Trinajstić information content (AvgIpc) is 2.94. The Morgan fingerprint density at radius 3 is 3.08 bits per heavy atom. The first-order valence-electron chi connectivity index (χ1n) is 7.01. The van der Waals surface area contributed by atoms with E-state index in [9.17, 15) is 9.59 Å². The van der Waals surface area contributed by atoms with Crippen LogP contribution in [-0.4, -0.2) is 35.4 Å². The third-order valence-electron chi connectivity index (χ3n) is 3.16. The molecule has 9 heteroatoms. The zero-order chi connectivity index (χ0) is 17.8. The maximum atomic E-state index is 11.7. The van der Waals surface area contributed by atoms with Crippen LogP contribution >= 0.6 is 27.7 Å². The number of amidine groups is 1. The third-order valence-corrected chi connectivity index (χ3v) is 4.49. The van der Waals surface area contributed by atoms with Crippen molar-refractivity contribution in [3.05, 3.63) is 51.5 Å². The molecule has 2 aromatic rings. The molecule has 25 heavy (non-hydrogen) atoms. The standard InChI is InChI=1S/C16H11BrN4O3S/c1-24-13(22)6-12-15(23)20-16(25-12)21-19-7-10-4-2-3-9-5-11(17)8-18-14(9)10/h2-8H,1H3,(H,20,21,23)/b12-6+,19-7?. The molecule has 1 amide bonds. The molecule has 0 unspecified atom stereocenters. The van der Waals surface area contributed by atoms with Gasteiger partial charge in [0, 0.05) is 27.7 Å². The van der Waals surface area contributed by atoms with Crippen LogP contribution in [0.4, 0.5) is 0 Å². The molecule has 0 atom stereocenters. The van der Waals surface area contributed by atoms with E-state index in [2.05, 4.69) is 41.2 Å². The van der Waals surface area contributed by atoms with Crippen molar-refractivity contribution in [3.8, 4) is 0 Å². The summed E-state index contributed by atoms with van der Waals surface area (Å²) >= 11 is 4.41. The molecule has 1 fully saturated rings. The predicted octanol–water partition coefficient (Wildman–Crippen LogP) is 2.61. The van der Waals surface area contributed by atoms with E-state index in [1.54, 1.807) is 12.4 Å². The van der Waals surface area contributed by atoms with Crippen molar-refractivity contribution in [2.45, 2.75) is 0 Å². The van der Waals surface area contributed by atoms with E-state index in [-0.39, 0.29) is 10.1 Å². The number of halogens is 1. The number of ether oxygens (including phenoxy) is 1. The SMILES string of the molecule is COC(=O)/C=C1/S/C(=N\N=Cc2cccc3cc(Br)cnc23)NC1=O. The molecule has 2 heterocycles. The van der Waals surface area contributed by atoms with E-state index in [0.29, 0.717) is 0 Å². The van der Waals surface area contributed by atoms with Gasteiger partial charge in [-0.2, -0.15) is 5.10 Å². The zero-order valence-electron chi connectivity index (χ0n) is 12.9. The number of fused-ring (bicyclic) bond motifs is 1. The Labute approximate surface area is 155 Å². The number of aromatic nitrogens is 1. The number of nitrogens with one attached hydrogen (secondary N) is 1. The van der Waals surface area contributed by atoms with Crippen LogP contribution in [0.1, 0.15) is 5.56 Å². The minimum atomic E-state index is -0.601. The van der Waals surface area contributed by atoms with Gasteiger partial charge >= 0.3 is 5.97 Å². The highest BCUT2D eigenvalue weighted by atomic mass is 79.9. The number of benzene rings is 1. The first kappa shape index (κ1) is 17.3. The van der Waals surface area contributed by atoms with E-state index in [0.717, 1.165) is 38.8 Å². The van der Waals surface area contributed by atoms with Crippen molar-refractivity contribution in [3.63, 3.8) is 0 Å². The summed E-state index contributed by atoms with van der Waals surface area (Å²) in [5.74, 6) is -1.02. The molecule has 7 nitrogen and oxygen atoms in total. The molecule has 1 aliphatic heterocycles. The first-order chi connectivity index (χ1) is 12.1. The van der Waals surface area contributed by atoms with Crippen LogP contribution < -0.4 is 5.32 Å². The summed E-state index contributed by atoms with van der Waals surface area (Å²) in [7, 11) is 1.24. The van der Waals surface area contributed by atoms with Gasteiger partial charge in [-0.15, -0.1) is 5.10 Å². The fourth-order valence-electron chi connectivity index (χ4n) is 2.05. The second kappa shape index (κ2) is 7.58. The molecule has 0 bridgehead atoms. The number of esters is 1. The second-order valence-electron chi connectivity index (χ2n) is 4.81. The predicted molar refractivity (Wildman–Crippen MR) is 100 cm³/mol. The Morgan fingerprint density at radius 1 is 1.44 bits per heavy atom. The molecule has 1 aromatic carbocycles. The molecule has 0 saturated carbocycles. The van der Waals surface area contributed by atoms with Gasteiger partial charge in [0.1, 0.15) is 0 Å². The minimum Gasteiger partial charge on any atom is -0.466 e. The number of pyridine rings is 1. The van der Waals surface area contributed by atoms with Crippen molar-refractivity contribution in [1.82, 2.24) is 10.3 Å². The summed E-state index contributed by atoms with van der Waals surface area (Å²) in [5, 5.41) is 11.7. The lowest BCUT2D eigenvalue weighted by molar-refractivity contribution is -0.135. The highest BCUT2D eigenvalue weighted by Gasteiger charge is 2.24. The maximum absolute atomic E-state index is 11.7. The number of para-hydroxylation sites is 1. The number of rotatable bonds is 3. The molecular weight excluding hydrogens is 408 g/mol. The molecule has 0 aliphatic carbocycles. The molecule has 126 valence electrons. The Morgan fingerprint density at radius 2 is 2.28 bits per heavy atom. The summed E-state index contributed by atoms with van der Waals surface area (Å²) < 4.78 is 5.39. The van der Waals surface area contributed by atoms with E-state index >= 15 is 0 Å². The number of nitrogens with zero attached hydrogens (tertiary/aromatic N) is 3. The summed E-state index contributed by atoms with van der Waals surface area (Å²) in [4.78, 5) is 27.5. The Kier molecular flexibility index (Phi) is 5.25. The van der Waals surface area contributed by atoms with Gasteiger partial charge in [0.05, 0.1) is 23.7 Å². The van der Waals surface area contributed by atoms with Gasteiger partial charge in [0.2, 0.25) is 0 Å². The van der Waals surface area contributed by atoms with Crippen LogP contribution in [0.25, 0.3) is 10.9 Å². The average molecular weight is 419 g/mol. The van der Waals surface area contributed by atoms with Crippen molar-refractivity contribution in [2.24, 2.45) is 10.2 Å². The number of methoxy groups -OCH3 is 1. The van der Waals surface area contributed by atoms with Gasteiger partial charge in [-0.3, -0.25) is 15.1 Å². The van der Waals surface area contributed by atoms with E-state index < -0.39 is 11.9 Å². The molecule has 1 aliphatic rings. The van der Waals surface area contributed by atoms with Crippen molar-refractivity contribution in [2.75, 3.05) is 7.11 Å². The fourth-order valence-corrected chi connectivity index (χ4v) is 3.13. The van der Waals surface area contributed by atoms with Crippen molar-refractivity contribution >= 4 is 61.9 Å². The molecule has 1 N–H and O–H groups in total. The zero-order valence-corrected chi connectivity index (χ0v) is 15.3. The second-order valence-corrected chi connectivity index (χ2v) is 6.76. The number of hydrogen-bond acceptors (Lipinski definition) is 7. The van der Waals surface area contributed by atoms with Crippen molar-refractivity contribution in [1.29, 1.82) is 0 Å². The van der Waals surface area contributed by atoms with Crippen molar-refractivity contribution < 1.29 is 14.3 Å². The van der Waals surface area contributed by atoms with Crippen LogP contribution in [0.3, 0.4) is 0 Å². The summed E-state index contributed by atoms with van der Waals surface area (Å²) in [5.41, 5.74) is 1.60. The van der Waals surface area contributed by atoms with Crippen LogP contribution in [0.5, 0.6) is 0 Å². The van der Waals surface area contributed by atoms with E-state index in [1.165, 1.54) is 7.11 Å². The van der Waals surface area contributed by atoms with Gasteiger partial charge in [-0.1, -0.05) is 18.2 Å². The molecule has 3 rings (SSSR count). The van der Waals surface area contributed by atoms with E-state index in [4.69, 9.17) is 0 Å². The van der Waals surface area contributed by atoms with Crippen LogP contribution in [0, 0.1) is 0 Å². The smallest absolute Gasteiger partial charge is 0.331 e. The van der Waals surface area contributed by atoms with Gasteiger partial charge in [-0.25, -0.2) is 4.79 Å².